The van der Waals surface area contributed by atoms with Crippen LogP contribution in [0.3, 0.4) is 0 Å². The number of carbonyl (C=O) groups excluding carboxylic acids is 2. The van der Waals surface area contributed by atoms with Crippen molar-refractivity contribution in [3.63, 3.8) is 0 Å². The van der Waals surface area contributed by atoms with E-state index in [-0.39, 0.29) is 28.7 Å². The van der Waals surface area contributed by atoms with E-state index in [1.165, 1.54) is 11.8 Å². The van der Waals surface area contributed by atoms with Crippen molar-refractivity contribution in [1.29, 1.82) is 5.26 Å². The van der Waals surface area contributed by atoms with Gasteiger partial charge >= 0.3 is 11.9 Å². The minimum Gasteiger partial charge on any atom is -0.462 e. The molecule has 0 saturated heterocycles. The highest BCUT2D eigenvalue weighted by molar-refractivity contribution is 8.00. The molecule has 0 radical (unpaired) electrons. The molecule has 8 heteroatoms. The van der Waals surface area contributed by atoms with Gasteiger partial charge in [-0.2, -0.15) is 5.26 Å². The number of nitrogens with two attached hydrogens (primary N) is 1. The van der Waals surface area contributed by atoms with Gasteiger partial charge in [0.25, 0.3) is 0 Å². The Morgan fingerprint density at radius 1 is 1.31 bits per heavy atom. The zero-order valence-corrected chi connectivity index (χ0v) is 16.0. The van der Waals surface area contributed by atoms with E-state index in [1.54, 1.807) is 13.8 Å². The van der Waals surface area contributed by atoms with Crippen molar-refractivity contribution in [3.8, 4) is 6.07 Å². The lowest BCUT2D eigenvalue weighted by Crippen LogP contribution is -2.17. The molecule has 2 aromatic rings. The van der Waals surface area contributed by atoms with Gasteiger partial charge in [0, 0.05) is 10.5 Å². The van der Waals surface area contributed by atoms with Gasteiger partial charge in [0.2, 0.25) is 0 Å². The number of rotatable bonds is 7. The molecule has 0 amide bonds. The van der Waals surface area contributed by atoms with Crippen LogP contribution in [0.2, 0.25) is 0 Å². The van der Waals surface area contributed by atoms with Crippen molar-refractivity contribution < 1.29 is 19.1 Å². The summed E-state index contributed by atoms with van der Waals surface area (Å²) in [5.74, 6) is -1.02. The predicted octanol–water partition coefficient (Wildman–Crippen LogP) is 3.60. The Hall–Kier alpha value is -2.50. The number of hydrogen-bond donors (Lipinski definition) is 1. The number of carbonyl (C=O) groups is 2. The smallest absolute Gasteiger partial charge is 0.348 e. The van der Waals surface area contributed by atoms with Gasteiger partial charge in [-0.3, -0.25) is 4.79 Å². The van der Waals surface area contributed by atoms with Gasteiger partial charge in [-0.25, -0.2) is 4.79 Å². The topological polar surface area (TPSA) is 102 Å². The zero-order chi connectivity index (χ0) is 19.1. The van der Waals surface area contributed by atoms with Gasteiger partial charge in [0.15, 0.2) is 0 Å². The number of hydrogen-bond acceptors (Lipinski definition) is 8. The van der Waals surface area contributed by atoms with E-state index in [0.29, 0.717) is 5.56 Å². The predicted molar refractivity (Wildman–Crippen MR) is 101 cm³/mol. The SMILES string of the molecule is CCOC(=O)c1sc(N)c(C#N)c1COC(=O)[C@H](C)Sc1ccccc1. The molecule has 2 rings (SSSR count). The number of ether oxygens (including phenoxy) is 2. The molecule has 0 aliphatic rings. The summed E-state index contributed by atoms with van der Waals surface area (Å²) < 4.78 is 10.3. The first kappa shape index (κ1) is 19.8. The second-order valence-corrected chi connectivity index (χ2v) is 7.63. The fourth-order valence-corrected chi connectivity index (χ4v) is 3.92. The molecule has 0 bridgehead atoms. The molecular formula is C18H18N2O4S2. The maximum Gasteiger partial charge on any atom is 0.348 e. The molecule has 6 nitrogen and oxygen atoms in total. The van der Waals surface area contributed by atoms with Gasteiger partial charge in [-0.1, -0.05) is 18.2 Å². The number of anilines is 1. The second-order valence-electron chi connectivity index (χ2n) is 5.16. The molecule has 0 aliphatic heterocycles. The summed E-state index contributed by atoms with van der Waals surface area (Å²) in [4.78, 5) is 25.4. The van der Waals surface area contributed by atoms with E-state index in [4.69, 9.17) is 15.2 Å². The number of nitriles is 1. The maximum absolute atomic E-state index is 12.3. The van der Waals surface area contributed by atoms with Gasteiger partial charge in [0.05, 0.1) is 12.2 Å². The van der Waals surface area contributed by atoms with E-state index in [0.717, 1.165) is 16.2 Å². The molecule has 26 heavy (non-hydrogen) atoms. The van der Waals surface area contributed by atoms with E-state index < -0.39 is 17.2 Å². The Kier molecular flexibility index (Phi) is 7.06. The highest BCUT2D eigenvalue weighted by atomic mass is 32.2. The summed E-state index contributed by atoms with van der Waals surface area (Å²) in [5.41, 5.74) is 6.24. The van der Waals surface area contributed by atoms with Gasteiger partial charge in [0.1, 0.15) is 27.8 Å². The molecule has 1 aromatic heterocycles. The number of thiophene rings is 1. The molecule has 1 aromatic carbocycles. The van der Waals surface area contributed by atoms with Crippen LogP contribution in [0, 0.1) is 11.3 Å². The van der Waals surface area contributed by atoms with Crippen LogP contribution in [0.4, 0.5) is 5.00 Å². The van der Waals surface area contributed by atoms with Crippen LogP contribution >= 0.6 is 23.1 Å². The Morgan fingerprint density at radius 3 is 2.62 bits per heavy atom. The van der Waals surface area contributed by atoms with Crippen LogP contribution in [0.5, 0.6) is 0 Å². The average Bonchev–Trinajstić information content (AvgIpc) is 2.96. The maximum atomic E-state index is 12.3. The Balaban J connectivity index is 2.09. The molecule has 0 fully saturated rings. The third-order valence-electron chi connectivity index (χ3n) is 3.35. The van der Waals surface area contributed by atoms with Crippen LogP contribution in [-0.4, -0.2) is 23.8 Å². The van der Waals surface area contributed by atoms with Crippen LogP contribution < -0.4 is 5.73 Å². The summed E-state index contributed by atoms with van der Waals surface area (Å²) >= 11 is 2.33. The molecule has 0 saturated carbocycles. The van der Waals surface area contributed by atoms with E-state index in [9.17, 15) is 14.9 Å². The summed E-state index contributed by atoms with van der Waals surface area (Å²) in [5, 5.41) is 9.04. The minimum atomic E-state index is -0.580. The lowest BCUT2D eigenvalue weighted by atomic mass is 10.1. The highest BCUT2D eigenvalue weighted by Crippen LogP contribution is 2.32. The highest BCUT2D eigenvalue weighted by Gasteiger charge is 2.25. The fraction of sp³-hybridized carbons (Fsp3) is 0.278. The van der Waals surface area contributed by atoms with Crippen molar-refractivity contribution in [2.75, 3.05) is 12.3 Å². The molecule has 136 valence electrons. The quantitative estimate of drug-likeness (QED) is 0.569. The van der Waals surface area contributed by atoms with Crippen molar-refractivity contribution in [3.05, 3.63) is 46.3 Å². The number of nitrogens with zero attached hydrogens (tertiary/aromatic N) is 1. The average molecular weight is 390 g/mol. The van der Waals surface area contributed by atoms with Crippen molar-refractivity contribution in [1.82, 2.24) is 0 Å². The fourth-order valence-electron chi connectivity index (χ4n) is 2.12. The molecule has 1 heterocycles. The molecule has 1 atom stereocenters. The molecular weight excluding hydrogens is 372 g/mol. The van der Waals surface area contributed by atoms with E-state index in [2.05, 4.69) is 0 Å². The lowest BCUT2D eigenvalue weighted by molar-refractivity contribution is -0.143. The summed E-state index contributed by atoms with van der Waals surface area (Å²) in [6.07, 6.45) is 0. The number of nitrogen functional groups attached to an aromatic ring is 1. The number of thioether (sulfide) groups is 1. The first-order valence-corrected chi connectivity index (χ1v) is 9.54. The Bertz CT molecular complexity index is 828. The normalized spacial score (nSPS) is 11.4. The Labute approximate surface area is 159 Å². The standard InChI is InChI=1S/C18H18N2O4S2/c1-3-23-18(22)15-14(13(9-19)16(20)26-15)10-24-17(21)11(2)25-12-7-5-4-6-8-12/h4-8,11H,3,10,20H2,1-2H3/t11-/m0/s1. The van der Waals surface area contributed by atoms with Gasteiger partial charge in [-0.15, -0.1) is 23.1 Å². The summed E-state index contributed by atoms with van der Waals surface area (Å²) in [6.45, 7) is 3.41. The third kappa shape index (κ3) is 4.77. The van der Waals surface area contributed by atoms with Crippen LogP contribution in [0.15, 0.2) is 35.2 Å². The lowest BCUT2D eigenvalue weighted by Gasteiger charge is -2.12. The van der Waals surface area contributed by atoms with Crippen molar-refractivity contribution in [2.24, 2.45) is 0 Å². The van der Waals surface area contributed by atoms with Crippen LogP contribution in [-0.2, 0) is 20.9 Å². The molecule has 0 spiro atoms. The second kappa shape index (κ2) is 9.27. The van der Waals surface area contributed by atoms with Crippen LogP contribution in [0.25, 0.3) is 0 Å². The minimum absolute atomic E-state index is 0.147. The molecule has 0 unspecified atom stereocenters. The van der Waals surface area contributed by atoms with Crippen molar-refractivity contribution in [2.45, 2.75) is 30.6 Å². The number of benzene rings is 1. The zero-order valence-electron chi connectivity index (χ0n) is 14.4. The largest absolute Gasteiger partial charge is 0.462 e. The Morgan fingerprint density at radius 2 is 2.00 bits per heavy atom. The van der Waals surface area contributed by atoms with E-state index >= 15 is 0 Å². The van der Waals surface area contributed by atoms with Crippen molar-refractivity contribution >= 4 is 40.0 Å². The first-order chi connectivity index (χ1) is 12.5. The first-order valence-electron chi connectivity index (χ1n) is 7.84. The molecule has 2 N–H and O–H groups in total. The monoisotopic (exact) mass is 390 g/mol. The molecule has 0 aliphatic carbocycles. The third-order valence-corrected chi connectivity index (χ3v) is 5.49. The summed E-state index contributed by atoms with van der Waals surface area (Å²) in [7, 11) is 0. The van der Waals surface area contributed by atoms with E-state index in [1.807, 2.05) is 36.4 Å². The van der Waals surface area contributed by atoms with Crippen LogP contribution in [0.1, 0.15) is 34.6 Å². The number of esters is 2. The summed E-state index contributed by atoms with van der Waals surface area (Å²) in [6, 6.07) is 11.4. The van der Waals surface area contributed by atoms with Gasteiger partial charge in [-0.05, 0) is 26.0 Å². The van der Waals surface area contributed by atoms with Gasteiger partial charge < -0.3 is 15.2 Å².